The summed E-state index contributed by atoms with van der Waals surface area (Å²) in [6.45, 7) is 7.76. The van der Waals surface area contributed by atoms with Crippen molar-refractivity contribution in [1.82, 2.24) is 15.0 Å². The van der Waals surface area contributed by atoms with Gasteiger partial charge in [-0.3, -0.25) is 0 Å². The molecular formula is C27H20FN3. The molecule has 0 amide bonds. The van der Waals surface area contributed by atoms with Crippen LogP contribution in [0, 0.1) is 5.82 Å². The van der Waals surface area contributed by atoms with E-state index in [2.05, 4.69) is 28.1 Å². The van der Waals surface area contributed by atoms with Gasteiger partial charge in [-0.05, 0) is 17.2 Å². The monoisotopic (exact) mass is 405 g/mol. The van der Waals surface area contributed by atoms with Crippen LogP contribution in [0.1, 0.15) is 5.56 Å². The molecule has 31 heavy (non-hydrogen) atoms. The lowest BCUT2D eigenvalue weighted by molar-refractivity contribution is 0.629. The van der Waals surface area contributed by atoms with Crippen molar-refractivity contribution >= 4 is 5.57 Å². The van der Waals surface area contributed by atoms with Crippen LogP contribution in [0.15, 0.2) is 110 Å². The number of nitrogens with zero attached hydrogens (tertiary/aromatic N) is 3. The number of benzene rings is 3. The van der Waals surface area contributed by atoms with Crippen LogP contribution in [0.3, 0.4) is 0 Å². The summed E-state index contributed by atoms with van der Waals surface area (Å²) in [5, 5.41) is 0. The maximum atomic E-state index is 15.1. The lowest BCUT2D eigenvalue weighted by Gasteiger charge is -2.12. The van der Waals surface area contributed by atoms with Crippen molar-refractivity contribution in [2.75, 3.05) is 0 Å². The van der Waals surface area contributed by atoms with Crippen LogP contribution in [-0.2, 0) is 0 Å². The lowest BCUT2D eigenvalue weighted by atomic mass is 9.99. The molecule has 1 aromatic heterocycles. The van der Waals surface area contributed by atoms with Crippen molar-refractivity contribution in [3.8, 4) is 34.2 Å². The van der Waals surface area contributed by atoms with Crippen LogP contribution in [0.2, 0.25) is 0 Å². The highest BCUT2D eigenvalue weighted by Gasteiger charge is 2.18. The Morgan fingerprint density at radius 2 is 1.26 bits per heavy atom. The van der Waals surface area contributed by atoms with Gasteiger partial charge in [0.05, 0.1) is 5.56 Å². The minimum Gasteiger partial charge on any atom is -0.208 e. The minimum atomic E-state index is -0.421. The first-order valence-corrected chi connectivity index (χ1v) is 9.81. The van der Waals surface area contributed by atoms with Crippen molar-refractivity contribution in [2.24, 2.45) is 0 Å². The van der Waals surface area contributed by atoms with Crippen molar-refractivity contribution in [2.45, 2.75) is 0 Å². The van der Waals surface area contributed by atoms with Gasteiger partial charge < -0.3 is 0 Å². The van der Waals surface area contributed by atoms with Gasteiger partial charge in [0, 0.05) is 11.1 Å². The molecule has 0 aliphatic carbocycles. The predicted molar refractivity (Wildman–Crippen MR) is 124 cm³/mol. The summed E-state index contributed by atoms with van der Waals surface area (Å²) >= 11 is 0. The molecule has 4 rings (SSSR count). The largest absolute Gasteiger partial charge is 0.208 e. The Hall–Kier alpha value is -4.18. The molecule has 0 spiro atoms. The summed E-state index contributed by atoms with van der Waals surface area (Å²) in [5.41, 5.74) is 3.19. The van der Waals surface area contributed by atoms with E-state index in [1.807, 2.05) is 66.7 Å². The number of hydrogen-bond donors (Lipinski definition) is 0. The van der Waals surface area contributed by atoms with Crippen LogP contribution in [0.4, 0.5) is 4.39 Å². The number of hydrogen-bond acceptors (Lipinski definition) is 3. The molecular weight excluding hydrogens is 385 g/mol. The van der Waals surface area contributed by atoms with Gasteiger partial charge in [-0.25, -0.2) is 19.3 Å². The molecule has 0 atom stereocenters. The van der Waals surface area contributed by atoms with Crippen LogP contribution in [0.5, 0.6) is 0 Å². The Morgan fingerprint density at radius 1 is 0.710 bits per heavy atom. The molecule has 0 bridgehead atoms. The zero-order chi connectivity index (χ0) is 21.6. The average Bonchev–Trinajstić information content (AvgIpc) is 2.83. The zero-order valence-corrected chi connectivity index (χ0v) is 16.9. The summed E-state index contributed by atoms with van der Waals surface area (Å²) in [4.78, 5) is 13.9. The quantitative estimate of drug-likeness (QED) is 0.332. The van der Waals surface area contributed by atoms with Crippen LogP contribution in [0.25, 0.3) is 39.7 Å². The van der Waals surface area contributed by atoms with Crippen molar-refractivity contribution in [3.63, 3.8) is 0 Å². The Bertz CT molecular complexity index is 1200. The Balaban J connectivity index is 1.96. The van der Waals surface area contributed by atoms with Crippen LogP contribution in [-0.4, -0.2) is 15.0 Å². The molecule has 0 saturated heterocycles. The van der Waals surface area contributed by atoms with Gasteiger partial charge in [0.15, 0.2) is 17.5 Å². The smallest absolute Gasteiger partial charge is 0.167 e. The van der Waals surface area contributed by atoms with Gasteiger partial charge in [0.25, 0.3) is 0 Å². The van der Waals surface area contributed by atoms with Crippen molar-refractivity contribution in [1.29, 1.82) is 0 Å². The summed E-state index contributed by atoms with van der Waals surface area (Å²) in [7, 11) is 0. The van der Waals surface area contributed by atoms with E-state index in [1.54, 1.807) is 24.3 Å². The van der Waals surface area contributed by atoms with Crippen molar-refractivity contribution in [3.05, 3.63) is 122 Å². The third kappa shape index (κ3) is 4.38. The fourth-order valence-electron chi connectivity index (χ4n) is 3.21. The number of allylic oxidation sites excluding steroid dienone is 4. The second-order valence-electron chi connectivity index (χ2n) is 6.82. The van der Waals surface area contributed by atoms with E-state index >= 15 is 4.39 Å². The molecule has 0 unspecified atom stereocenters. The highest BCUT2D eigenvalue weighted by molar-refractivity contribution is 5.83. The Kier molecular flexibility index (Phi) is 5.90. The van der Waals surface area contributed by atoms with Crippen molar-refractivity contribution < 1.29 is 4.39 Å². The molecule has 0 aliphatic rings. The van der Waals surface area contributed by atoms with Gasteiger partial charge in [-0.2, -0.15) is 0 Å². The number of aromatic nitrogens is 3. The third-order valence-corrected chi connectivity index (χ3v) is 4.72. The highest BCUT2D eigenvalue weighted by atomic mass is 19.1. The van der Waals surface area contributed by atoms with E-state index in [0.29, 0.717) is 22.8 Å². The molecule has 1 heterocycles. The van der Waals surface area contributed by atoms with Gasteiger partial charge in [0.2, 0.25) is 0 Å². The van der Waals surface area contributed by atoms with E-state index in [0.717, 1.165) is 11.1 Å². The second kappa shape index (κ2) is 9.09. The molecule has 0 radical (unpaired) electrons. The summed E-state index contributed by atoms with van der Waals surface area (Å²) in [6, 6.07) is 24.0. The zero-order valence-electron chi connectivity index (χ0n) is 16.9. The summed E-state index contributed by atoms with van der Waals surface area (Å²) in [5.74, 6) is 0.792. The first kappa shape index (κ1) is 20.1. The number of rotatable bonds is 6. The SMILES string of the molecule is C=C/C=C\C(=C)c1cccc(F)c1-c1nc(-c2ccccc2)nc(-c2ccccc2)n1. The molecule has 0 fully saturated rings. The fraction of sp³-hybridized carbons (Fsp3) is 0. The maximum absolute atomic E-state index is 15.1. The first-order valence-electron chi connectivity index (χ1n) is 9.81. The molecule has 3 nitrogen and oxygen atoms in total. The molecule has 3 aromatic carbocycles. The van der Waals surface area contributed by atoms with Gasteiger partial charge in [-0.1, -0.05) is 104 Å². The Morgan fingerprint density at radius 3 is 1.81 bits per heavy atom. The van der Waals surface area contributed by atoms with E-state index in [9.17, 15) is 0 Å². The van der Waals surface area contributed by atoms with Crippen LogP contribution >= 0.6 is 0 Å². The van der Waals surface area contributed by atoms with E-state index in [4.69, 9.17) is 0 Å². The van der Waals surface area contributed by atoms with Gasteiger partial charge in [-0.15, -0.1) is 0 Å². The van der Waals surface area contributed by atoms with E-state index < -0.39 is 5.82 Å². The molecule has 0 saturated carbocycles. The van der Waals surface area contributed by atoms with E-state index in [1.165, 1.54) is 6.07 Å². The third-order valence-electron chi connectivity index (χ3n) is 4.72. The average molecular weight is 405 g/mol. The maximum Gasteiger partial charge on any atom is 0.167 e. The molecule has 150 valence electrons. The van der Waals surface area contributed by atoms with Crippen LogP contribution < -0.4 is 0 Å². The fourth-order valence-corrected chi connectivity index (χ4v) is 3.21. The second-order valence-corrected chi connectivity index (χ2v) is 6.82. The summed E-state index contributed by atoms with van der Waals surface area (Å²) < 4.78 is 15.1. The highest BCUT2D eigenvalue weighted by Crippen LogP contribution is 2.32. The first-order chi connectivity index (χ1) is 15.2. The topological polar surface area (TPSA) is 38.7 Å². The molecule has 4 aromatic rings. The normalized spacial score (nSPS) is 10.9. The van der Waals surface area contributed by atoms with Gasteiger partial charge >= 0.3 is 0 Å². The predicted octanol–water partition coefficient (Wildman–Crippen LogP) is 6.77. The minimum absolute atomic E-state index is 0.258. The molecule has 0 N–H and O–H groups in total. The molecule has 4 heteroatoms. The molecule has 0 aliphatic heterocycles. The van der Waals surface area contributed by atoms with E-state index in [-0.39, 0.29) is 11.4 Å². The van der Waals surface area contributed by atoms with Gasteiger partial charge in [0.1, 0.15) is 5.82 Å². The standard InChI is InChI=1S/C27H20FN3/c1-3-4-12-19(2)22-17-11-18-23(28)24(22)27-30-25(20-13-7-5-8-14-20)29-26(31-27)21-15-9-6-10-16-21/h3-18H,1-2H2/b12-4-. The number of halogens is 1. The summed E-state index contributed by atoms with van der Waals surface area (Å²) in [6.07, 6.45) is 5.19. The Labute approximate surface area is 181 Å². The lowest BCUT2D eigenvalue weighted by Crippen LogP contribution is -2.03.